The number of nitrogens with zero attached hydrogens (tertiary/aromatic N) is 1. The van der Waals surface area contributed by atoms with E-state index in [0.717, 1.165) is 23.5 Å². The Bertz CT molecular complexity index is 661. The fraction of sp³-hybridized carbons (Fsp3) is 0.222. The van der Waals surface area contributed by atoms with Gasteiger partial charge in [-0.05, 0) is 24.1 Å². The van der Waals surface area contributed by atoms with Crippen LogP contribution in [0.1, 0.15) is 52.1 Å². The number of hydrogen-bond acceptors (Lipinski definition) is 3. The van der Waals surface area contributed by atoms with Gasteiger partial charge in [0.05, 0.1) is 11.1 Å². The summed E-state index contributed by atoms with van der Waals surface area (Å²) in [5, 5.41) is 0.901. The van der Waals surface area contributed by atoms with Gasteiger partial charge in [0.25, 0.3) is 11.8 Å². The molecule has 0 N–H and O–H groups in total. The van der Waals surface area contributed by atoms with Gasteiger partial charge < -0.3 is 0 Å². The van der Waals surface area contributed by atoms with Crippen LogP contribution < -0.4 is 0 Å². The van der Waals surface area contributed by atoms with Gasteiger partial charge in [-0.25, -0.2) is 0 Å². The Labute approximate surface area is 129 Å². The molecule has 0 aromatic heterocycles. The van der Waals surface area contributed by atoms with E-state index in [1.54, 1.807) is 24.3 Å². The van der Waals surface area contributed by atoms with Crippen LogP contribution in [0.3, 0.4) is 0 Å². The topological polar surface area (TPSA) is 46.6 Å². The van der Waals surface area contributed by atoms with E-state index in [0.29, 0.717) is 11.1 Å². The molecule has 1 aliphatic rings. The maximum absolute atomic E-state index is 12.4. The van der Waals surface area contributed by atoms with Crippen LogP contribution in [0.15, 0.2) is 54.6 Å². The highest BCUT2D eigenvalue weighted by atomic mass is 16.7. The number of fused-ring (bicyclic) bond motifs is 1. The third-order valence-electron chi connectivity index (χ3n) is 3.71. The Hall–Kier alpha value is -2.46. The number of benzene rings is 2. The molecule has 0 aliphatic carbocycles. The van der Waals surface area contributed by atoms with Crippen LogP contribution in [0.2, 0.25) is 0 Å². The molecule has 0 fully saturated rings. The maximum Gasteiger partial charge on any atom is 0.285 e. The van der Waals surface area contributed by atoms with Gasteiger partial charge in [0.15, 0.2) is 0 Å². The minimum Gasteiger partial charge on any atom is -0.266 e. The SMILES string of the molecule is CCC[C@@H](ON1C(=O)c2ccccc2C1=O)c1ccccc1. The molecule has 3 rings (SSSR count). The molecule has 2 aromatic rings. The van der Waals surface area contributed by atoms with Crippen molar-refractivity contribution in [3.8, 4) is 0 Å². The summed E-state index contributed by atoms with van der Waals surface area (Å²) in [4.78, 5) is 30.5. The van der Waals surface area contributed by atoms with Gasteiger partial charge >= 0.3 is 0 Å². The molecule has 2 amide bonds. The molecular formula is C18H17NO3. The van der Waals surface area contributed by atoms with Gasteiger partial charge in [0.2, 0.25) is 0 Å². The number of imide groups is 1. The molecular weight excluding hydrogens is 278 g/mol. The van der Waals surface area contributed by atoms with Crippen LogP contribution in [0.5, 0.6) is 0 Å². The predicted molar refractivity (Wildman–Crippen MR) is 82.1 cm³/mol. The Morgan fingerprint density at radius 2 is 1.45 bits per heavy atom. The summed E-state index contributed by atoms with van der Waals surface area (Å²) in [6.07, 6.45) is 1.31. The van der Waals surface area contributed by atoms with Crippen molar-refractivity contribution in [3.63, 3.8) is 0 Å². The van der Waals surface area contributed by atoms with E-state index in [2.05, 4.69) is 0 Å². The second-order valence-electron chi connectivity index (χ2n) is 5.24. The normalized spacial score (nSPS) is 15.0. The molecule has 22 heavy (non-hydrogen) atoms. The summed E-state index contributed by atoms with van der Waals surface area (Å²) in [6, 6.07) is 16.4. The molecule has 0 saturated heterocycles. The van der Waals surface area contributed by atoms with Gasteiger partial charge in [-0.2, -0.15) is 0 Å². The Kier molecular flexibility index (Phi) is 4.02. The van der Waals surface area contributed by atoms with Crippen LogP contribution in [0, 0.1) is 0 Å². The third kappa shape index (κ3) is 2.53. The number of rotatable bonds is 5. The number of amides is 2. The van der Waals surface area contributed by atoms with Crippen molar-refractivity contribution >= 4 is 11.8 Å². The number of carbonyl (C=O) groups excluding carboxylic acids is 2. The average Bonchev–Trinajstić information content (AvgIpc) is 2.80. The lowest BCUT2D eigenvalue weighted by Crippen LogP contribution is -2.31. The summed E-state index contributed by atoms with van der Waals surface area (Å²) < 4.78 is 0. The number of hydroxylamine groups is 2. The summed E-state index contributed by atoms with van der Waals surface area (Å²) in [5.74, 6) is -0.782. The van der Waals surface area contributed by atoms with Crippen molar-refractivity contribution in [2.45, 2.75) is 25.9 Å². The van der Waals surface area contributed by atoms with Crippen molar-refractivity contribution < 1.29 is 14.4 Å². The smallest absolute Gasteiger partial charge is 0.266 e. The highest BCUT2D eigenvalue weighted by Gasteiger charge is 2.38. The van der Waals surface area contributed by atoms with Crippen LogP contribution in [-0.4, -0.2) is 16.9 Å². The number of carbonyl (C=O) groups is 2. The fourth-order valence-electron chi connectivity index (χ4n) is 2.60. The maximum atomic E-state index is 12.4. The summed E-state index contributed by atoms with van der Waals surface area (Å²) >= 11 is 0. The standard InChI is InChI=1S/C18H17NO3/c1-2-8-16(13-9-4-3-5-10-13)22-19-17(20)14-11-6-7-12-15(14)18(19)21/h3-7,9-12,16H,2,8H2,1H3/t16-/m1/s1. The van der Waals surface area contributed by atoms with E-state index in [1.165, 1.54) is 0 Å². The molecule has 112 valence electrons. The van der Waals surface area contributed by atoms with Crippen LogP contribution >= 0.6 is 0 Å². The van der Waals surface area contributed by atoms with Crippen molar-refractivity contribution in [2.24, 2.45) is 0 Å². The lowest BCUT2D eigenvalue weighted by Gasteiger charge is -2.22. The van der Waals surface area contributed by atoms with Gasteiger partial charge in [0, 0.05) is 0 Å². The van der Waals surface area contributed by atoms with E-state index < -0.39 is 11.8 Å². The molecule has 4 heteroatoms. The average molecular weight is 295 g/mol. The van der Waals surface area contributed by atoms with E-state index >= 15 is 0 Å². The molecule has 0 saturated carbocycles. The lowest BCUT2D eigenvalue weighted by atomic mass is 10.1. The largest absolute Gasteiger partial charge is 0.285 e. The first-order valence-electron chi connectivity index (χ1n) is 7.42. The fourth-order valence-corrected chi connectivity index (χ4v) is 2.60. The minimum atomic E-state index is -0.391. The van der Waals surface area contributed by atoms with Crippen molar-refractivity contribution in [1.82, 2.24) is 5.06 Å². The highest BCUT2D eigenvalue weighted by Crippen LogP contribution is 2.29. The van der Waals surface area contributed by atoms with Gasteiger partial charge in [0.1, 0.15) is 6.10 Å². The third-order valence-corrected chi connectivity index (χ3v) is 3.71. The van der Waals surface area contributed by atoms with E-state index in [9.17, 15) is 9.59 Å². The van der Waals surface area contributed by atoms with Crippen LogP contribution in [-0.2, 0) is 4.84 Å². The van der Waals surface area contributed by atoms with Crippen molar-refractivity contribution in [1.29, 1.82) is 0 Å². The van der Waals surface area contributed by atoms with Gasteiger partial charge in [-0.1, -0.05) is 55.8 Å². The molecule has 0 radical (unpaired) electrons. The molecule has 1 aliphatic heterocycles. The van der Waals surface area contributed by atoms with Crippen molar-refractivity contribution in [3.05, 3.63) is 71.3 Å². The summed E-state index contributed by atoms with van der Waals surface area (Å²) in [6.45, 7) is 2.04. The second kappa shape index (κ2) is 6.12. The van der Waals surface area contributed by atoms with Gasteiger partial charge in [-0.3, -0.25) is 14.4 Å². The molecule has 4 nitrogen and oxygen atoms in total. The quantitative estimate of drug-likeness (QED) is 0.789. The van der Waals surface area contributed by atoms with Crippen molar-refractivity contribution in [2.75, 3.05) is 0 Å². The predicted octanol–water partition coefficient (Wildman–Crippen LogP) is 3.76. The highest BCUT2D eigenvalue weighted by molar-refractivity contribution is 6.20. The Morgan fingerprint density at radius 3 is 2.00 bits per heavy atom. The molecule has 0 unspecified atom stereocenters. The lowest BCUT2D eigenvalue weighted by molar-refractivity contribution is -0.136. The molecule has 0 bridgehead atoms. The van der Waals surface area contributed by atoms with Crippen LogP contribution in [0.25, 0.3) is 0 Å². The van der Waals surface area contributed by atoms with E-state index in [1.807, 2.05) is 37.3 Å². The van der Waals surface area contributed by atoms with E-state index in [-0.39, 0.29) is 6.10 Å². The summed E-state index contributed by atoms with van der Waals surface area (Å²) in [7, 11) is 0. The zero-order valence-electron chi connectivity index (χ0n) is 12.4. The van der Waals surface area contributed by atoms with Gasteiger partial charge in [-0.15, -0.1) is 5.06 Å². The monoisotopic (exact) mass is 295 g/mol. The first-order chi connectivity index (χ1) is 10.7. The van der Waals surface area contributed by atoms with E-state index in [4.69, 9.17) is 4.84 Å². The molecule has 1 heterocycles. The molecule has 0 spiro atoms. The second-order valence-corrected chi connectivity index (χ2v) is 5.24. The summed E-state index contributed by atoms with van der Waals surface area (Å²) in [5.41, 5.74) is 1.76. The first kappa shape index (κ1) is 14.5. The Morgan fingerprint density at radius 1 is 0.909 bits per heavy atom. The van der Waals surface area contributed by atoms with Crippen LogP contribution in [0.4, 0.5) is 0 Å². The number of hydrogen-bond donors (Lipinski definition) is 0. The molecule has 1 atom stereocenters. The Balaban J connectivity index is 1.86. The minimum absolute atomic E-state index is 0.312. The first-order valence-corrected chi connectivity index (χ1v) is 7.42. The molecule has 2 aromatic carbocycles. The zero-order chi connectivity index (χ0) is 15.5. The zero-order valence-corrected chi connectivity index (χ0v) is 12.4.